The van der Waals surface area contributed by atoms with Crippen LogP contribution in [0.5, 0.6) is 0 Å². The van der Waals surface area contributed by atoms with Crippen molar-refractivity contribution in [1.29, 1.82) is 0 Å². The van der Waals surface area contributed by atoms with Gasteiger partial charge in [0.25, 0.3) is 0 Å². The molecule has 0 unspecified atom stereocenters. The predicted molar refractivity (Wildman–Crippen MR) is 61.2 cm³/mol. The van der Waals surface area contributed by atoms with Crippen LogP contribution in [0.25, 0.3) is 11.1 Å². The van der Waals surface area contributed by atoms with E-state index in [1.54, 1.807) is 19.9 Å². The van der Waals surface area contributed by atoms with Gasteiger partial charge in [0.05, 0.1) is 0 Å². The van der Waals surface area contributed by atoms with Gasteiger partial charge in [-0.2, -0.15) is 0 Å². The van der Waals surface area contributed by atoms with E-state index < -0.39 is 11.6 Å². The fourth-order valence-corrected chi connectivity index (χ4v) is 1.82. The SMILES string of the molecule is Cc1c(F)cccc1-c1cc(F)cc(F)c1C. The number of benzene rings is 2. The lowest BCUT2D eigenvalue weighted by atomic mass is 9.96. The summed E-state index contributed by atoms with van der Waals surface area (Å²) in [7, 11) is 0. The molecule has 0 fully saturated rings. The maximum Gasteiger partial charge on any atom is 0.129 e. The molecular formula is C14H11F3. The first-order valence-electron chi connectivity index (χ1n) is 5.22. The summed E-state index contributed by atoms with van der Waals surface area (Å²) in [6.45, 7) is 3.14. The van der Waals surface area contributed by atoms with Crippen molar-refractivity contribution < 1.29 is 13.2 Å². The molecule has 0 radical (unpaired) electrons. The van der Waals surface area contributed by atoms with Gasteiger partial charge >= 0.3 is 0 Å². The van der Waals surface area contributed by atoms with Gasteiger partial charge in [0.15, 0.2) is 0 Å². The number of hydrogen-bond acceptors (Lipinski definition) is 0. The largest absolute Gasteiger partial charge is 0.207 e. The van der Waals surface area contributed by atoms with E-state index in [0.29, 0.717) is 22.3 Å². The van der Waals surface area contributed by atoms with Crippen molar-refractivity contribution in [2.24, 2.45) is 0 Å². The molecule has 0 aliphatic carbocycles. The quantitative estimate of drug-likeness (QED) is 0.689. The maximum absolute atomic E-state index is 13.4. The summed E-state index contributed by atoms with van der Waals surface area (Å²) in [6, 6.07) is 6.55. The molecule has 0 nitrogen and oxygen atoms in total. The smallest absolute Gasteiger partial charge is 0.129 e. The lowest BCUT2D eigenvalue weighted by molar-refractivity contribution is 0.578. The zero-order chi connectivity index (χ0) is 12.6. The third-order valence-corrected chi connectivity index (χ3v) is 2.87. The topological polar surface area (TPSA) is 0 Å². The first-order valence-corrected chi connectivity index (χ1v) is 5.22. The average molecular weight is 236 g/mol. The van der Waals surface area contributed by atoms with Crippen LogP contribution in [-0.2, 0) is 0 Å². The van der Waals surface area contributed by atoms with Crippen LogP contribution < -0.4 is 0 Å². The van der Waals surface area contributed by atoms with E-state index in [-0.39, 0.29) is 5.82 Å². The molecule has 0 amide bonds. The molecule has 0 saturated heterocycles. The average Bonchev–Trinajstić information content (AvgIpc) is 2.27. The molecule has 0 aliphatic heterocycles. The summed E-state index contributed by atoms with van der Waals surface area (Å²) in [4.78, 5) is 0. The zero-order valence-electron chi connectivity index (χ0n) is 9.52. The summed E-state index contributed by atoms with van der Waals surface area (Å²) in [5, 5.41) is 0. The molecular weight excluding hydrogens is 225 g/mol. The maximum atomic E-state index is 13.4. The minimum absolute atomic E-state index is 0.320. The summed E-state index contributed by atoms with van der Waals surface area (Å²) >= 11 is 0. The van der Waals surface area contributed by atoms with Crippen LogP contribution in [0.15, 0.2) is 30.3 Å². The number of rotatable bonds is 1. The van der Waals surface area contributed by atoms with Crippen LogP contribution >= 0.6 is 0 Å². The van der Waals surface area contributed by atoms with Gasteiger partial charge in [-0.05, 0) is 48.2 Å². The van der Waals surface area contributed by atoms with Crippen LogP contribution in [0.1, 0.15) is 11.1 Å². The Kier molecular flexibility index (Phi) is 2.92. The summed E-state index contributed by atoms with van der Waals surface area (Å²) < 4.78 is 40.0. The van der Waals surface area contributed by atoms with Crippen LogP contribution in [0.4, 0.5) is 13.2 Å². The highest BCUT2D eigenvalue weighted by atomic mass is 19.1. The van der Waals surface area contributed by atoms with Crippen LogP contribution in [-0.4, -0.2) is 0 Å². The van der Waals surface area contributed by atoms with Gasteiger partial charge in [-0.15, -0.1) is 0 Å². The molecule has 17 heavy (non-hydrogen) atoms. The first-order chi connectivity index (χ1) is 8.00. The normalized spacial score (nSPS) is 10.6. The van der Waals surface area contributed by atoms with Crippen LogP contribution in [0, 0.1) is 31.3 Å². The van der Waals surface area contributed by atoms with Crippen molar-refractivity contribution in [2.75, 3.05) is 0 Å². The molecule has 0 spiro atoms. The standard InChI is InChI=1S/C14H11F3/c1-8-11(4-3-5-13(8)16)12-6-10(15)7-14(17)9(12)2/h3-7H,1-2H3. The Balaban J connectivity index is 2.73. The molecule has 2 aromatic rings. The molecule has 0 N–H and O–H groups in total. The van der Waals surface area contributed by atoms with E-state index in [9.17, 15) is 13.2 Å². The molecule has 3 heteroatoms. The Hall–Kier alpha value is -1.77. The van der Waals surface area contributed by atoms with E-state index in [2.05, 4.69) is 0 Å². The molecule has 0 heterocycles. The first kappa shape index (κ1) is 11.7. The number of hydrogen-bond donors (Lipinski definition) is 0. The molecule has 0 atom stereocenters. The highest BCUT2D eigenvalue weighted by Crippen LogP contribution is 2.29. The third kappa shape index (κ3) is 2.05. The van der Waals surface area contributed by atoms with Crippen LogP contribution in [0.3, 0.4) is 0 Å². The van der Waals surface area contributed by atoms with E-state index in [0.717, 1.165) is 6.07 Å². The third-order valence-electron chi connectivity index (χ3n) is 2.87. The summed E-state index contributed by atoms with van der Waals surface area (Å²) in [6.07, 6.45) is 0. The van der Waals surface area contributed by atoms with E-state index in [1.165, 1.54) is 18.2 Å². The van der Waals surface area contributed by atoms with Gasteiger partial charge < -0.3 is 0 Å². The second-order valence-corrected chi connectivity index (χ2v) is 3.97. The Labute approximate surface area is 97.7 Å². The lowest BCUT2D eigenvalue weighted by Gasteiger charge is -2.10. The van der Waals surface area contributed by atoms with Crippen molar-refractivity contribution >= 4 is 0 Å². The van der Waals surface area contributed by atoms with Gasteiger partial charge in [-0.1, -0.05) is 12.1 Å². The second kappa shape index (κ2) is 4.24. The van der Waals surface area contributed by atoms with Gasteiger partial charge in [0.2, 0.25) is 0 Å². The predicted octanol–water partition coefficient (Wildman–Crippen LogP) is 4.39. The fourth-order valence-electron chi connectivity index (χ4n) is 1.82. The zero-order valence-corrected chi connectivity index (χ0v) is 9.52. The van der Waals surface area contributed by atoms with E-state index >= 15 is 0 Å². The van der Waals surface area contributed by atoms with Crippen molar-refractivity contribution in [3.63, 3.8) is 0 Å². The van der Waals surface area contributed by atoms with Crippen molar-refractivity contribution in [3.05, 3.63) is 58.9 Å². The second-order valence-electron chi connectivity index (χ2n) is 3.97. The Morgan fingerprint density at radius 2 is 1.41 bits per heavy atom. The Morgan fingerprint density at radius 1 is 0.765 bits per heavy atom. The number of halogens is 3. The summed E-state index contributed by atoms with van der Waals surface area (Å²) in [5.74, 6) is -1.66. The van der Waals surface area contributed by atoms with Crippen molar-refractivity contribution in [1.82, 2.24) is 0 Å². The van der Waals surface area contributed by atoms with E-state index in [1.807, 2.05) is 0 Å². The van der Waals surface area contributed by atoms with Gasteiger partial charge in [0, 0.05) is 6.07 Å². The van der Waals surface area contributed by atoms with Gasteiger partial charge in [-0.25, -0.2) is 13.2 Å². The van der Waals surface area contributed by atoms with Crippen molar-refractivity contribution in [3.8, 4) is 11.1 Å². The van der Waals surface area contributed by atoms with Gasteiger partial charge in [-0.3, -0.25) is 0 Å². The molecule has 0 aliphatic rings. The van der Waals surface area contributed by atoms with Gasteiger partial charge in [0.1, 0.15) is 17.5 Å². The minimum atomic E-state index is -0.660. The molecule has 0 bridgehead atoms. The van der Waals surface area contributed by atoms with Crippen LogP contribution in [0.2, 0.25) is 0 Å². The molecule has 88 valence electrons. The Morgan fingerprint density at radius 3 is 2.12 bits per heavy atom. The molecule has 2 rings (SSSR count). The minimum Gasteiger partial charge on any atom is -0.207 e. The molecule has 0 saturated carbocycles. The molecule has 0 aromatic heterocycles. The monoisotopic (exact) mass is 236 g/mol. The highest BCUT2D eigenvalue weighted by Gasteiger charge is 2.12. The fraction of sp³-hybridized carbons (Fsp3) is 0.143. The lowest BCUT2D eigenvalue weighted by Crippen LogP contribution is -1.94. The Bertz CT molecular complexity index is 574. The highest BCUT2D eigenvalue weighted by molar-refractivity contribution is 5.70. The molecule has 2 aromatic carbocycles. The van der Waals surface area contributed by atoms with E-state index in [4.69, 9.17) is 0 Å². The summed E-state index contributed by atoms with van der Waals surface area (Å²) in [5.41, 5.74) is 1.61. The van der Waals surface area contributed by atoms with Crippen molar-refractivity contribution in [2.45, 2.75) is 13.8 Å².